The number of aromatic nitrogens is 4. The minimum atomic E-state index is 0.845. The Kier molecular flexibility index (Phi) is 3.25. The van der Waals surface area contributed by atoms with Crippen molar-refractivity contribution in [2.45, 2.75) is 25.7 Å². The normalized spacial score (nSPS) is 17.3. The van der Waals surface area contributed by atoms with Crippen LogP contribution in [0.1, 0.15) is 25.7 Å². The van der Waals surface area contributed by atoms with E-state index >= 15 is 0 Å². The van der Waals surface area contributed by atoms with E-state index in [1.54, 1.807) is 6.33 Å². The molecule has 0 N–H and O–H groups in total. The smallest absolute Gasteiger partial charge is 0.168 e. The van der Waals surface area contributed by atoms with Gasteiger partial charge in [-0.15, -0.1) is 0 Å². The van der Waals surface area contributed by atoms with Crippen molar-refractivity contribution in [1.82, 2.24) is 19.7 Å². The van der Waals surface area contributed by atoms with Gasteiger partial charge in [0.1, 0.15) is 12.1 Å². The Labute approximate surface area is 141 Å². The Morgan fingerprint density at radius 3 is 2.33 bits per heavy atom. The summed E-state index contributed by atoms with van der Waals surface area (Å²) in [6.45, 7) is 2.25. The van der Waals surface area contributed by atoms with Crippen LogP contribution in [0.15, 0.2) is 42.9 Å². The van der Waals surface area contributed by atoms with Crippen LogP contribution in [-0.2, 0) is 0 Å². The second-order valence-corrected chi connectivity index (χ2v) is 7.12. The van der Waals surface area contributed by atoms with Crippen LogP contribution in [-0.4, -0.2) is 32.8 Å². The standard InChI is InChI=1S/C19H21N5/c1-2-4-16(5-3-1)24-19-17(10-22-24)18(20-13-21-19)23(11-14-6-7-14)12-15-8-9-15/h1-5,10,13-15H,6-9,11-12H2. The molecular weight excluding hydrogens is 298 g/mol. The molecule has 2 heterocycles. The molecule has 2 aliphatic rings. The fourth-order valence-corrected chi connectivity index (χ4v) is 3.31. The number of anilines is 1. The number of rotatable bonds is 6. The van der Waals surface area contributed by atoms with Crippen LogP contribution in [0.25, 0.3) is 16.7 Å². The van der Waals surface area contributed by atoms with Gasteiger partial charge in [-0.1, -0.05) is 18.2 Å². The van der Waals surface area contributed by atoms with Crippen molar-refractivity contribution in [3.63, 3.8) is 0 Å². The zero-order valence-corrected chi connectivity index (χ0v) is 13.7. The monoisotopic (exact) mass is 319 g/mol. The molecule has 24 heavy (non-hydrogen) atoms. The van der Waals surface area contributed by atoms with Crippen LogP contribution in [0.2, 0.25) is 0 Å². The maximum atomic E-state index is 4.64. The highest BCUT2D eigenvalue weighted by Gasteiger charge is 2.31. The molecule has 5 rings (SSSR count). The van der Waals surface area contributed by atoms with Crippen molar-refractivity contribution in [1.29, 1.82) is 0 Å². The molecule has 5 nitrogen and oxygen atoms in total. The van der Waals surface area contributed by atoms with E-state index in [1.165, 1.54) is 25.7 Å². The van der Waals surface area contributed by atoms with E-state index < -0.39 is 0 Å². The average Bonchev–Trinajstić information content (AvgIpc) is 3.55. The van der Waals surface area contributed by atoms with E-state index in [0.717, 1.165) is 47.5 Å². The minimum absolute atomic E-state index is 0.845. The summed E-state index contributed by atoms with van der Waals surface area (Å²) in [6, 6.07) is 10.2. The Hall–Kier alpha value is -2.43. The van der Waals surface area contributed by atoms with Gasteiger partial charge in [0, 0.05) is 13.1 Å². The summed E-state index contributed by atoms with van der Waals surface area (Å²) >= 11 is 0. The van der Waals surface area contributed by atoms with E-state index in [0.29, 0.717) is 0 Å². The third-order valence-corrected chi connectivity index (χ3v) is 5.00. The predicted octanol–water partition coefficient (Wildman–Crippen LogP) is 3.44. The lowest BCUT2D eigenvalue weighted by Crippen LogP contribution is -2.29. The first-order valence-electron chi connectivity index (χ1n) is 8.87. The second kappa shape index (κ2) is 5.58. The Morgan fingerprint density at radius 1 is 0.958 bits per heavy atom. The average molecular weight is 319 g/mol. The molecule has 0 amide bonds. The zero-order chi connectivity index (χ0) is 15.9. The van der Waals surface area contributed by atoms with Crippen molar-refractivity contribution >= 4 is 16.9 Å². The van der Waals surface area contributed by atoms with Gasteiger partial charge in [0.05, 0.1) is 17.3 Å². The second-order valence-electron chi connectivity index (χ2n) is 7.12. The largest absolute Gasteiger partial charge is 0.355 e. The quantitative estimate of drug-likeness (QED) is 0.698. The summed E-state index contributed by atoms with van der Waals surface area (Å²) in [5.41, 5.74) is 1.93. The lowest BCUT2D eigenvalue weighted by Gasteiger charge is -2.24. The fourth-order valence-electron chi connectivity index (χ4n) is 3.31. The van der Waals surface area contributed by atoms with E-state index in [4.69, 9.17) is 0 Å². The summed E-state index contributed by atoms with van der Waals surface area (Å²) < 4.78 is 1.91. The number of hydrogen-bond acceptors (Lipinski definition) is 4. The molecule has 0 spiro atoms. The third-order valence-electron chi connectivity index (χ3n) is 5.00. The molecule has 2 aromatic heterocycles. The van der Waals surface area contributed by atoms with Gasteiger partial charge in [0.2, 0.25) is 0 Å². The van der Waals surface area contributed by atoms with Crippen molar-refractivity contribution in [2.75, 3.05) is 18.0 Å². The summed E-state index contributed by atoms with van der Waals surface area (Å²) in [4.78, 5) is 11.6. The van der Waals surface area contributed by atoms with Crippen LogP contribution < -0.4 is 4.90 Å². The number of fused-ring (bicyclic) bond motifs is 1. The van der Waals surface area contributed by atoms with Gasteiger partial charge in [-0.3, -0.25) is 0 Å². The maximum Gasteiger partial charge on any atom is 0.168 e. The van der Waals surface area contributed by atoms with Gasteiger partial charge in [-0.05, 0) is 49.7 Å². The maximum absolute atomic E-state index is 4.64. The Morgan fingerprint density at radius 2 is 1.67 bits per heavy atom. The first-order valence-corrected chi connectivity index (χ1v) is 8.87. The number of nitrogens with zero attached hydrogens (tertiary/aromatic N) is 5. The minimum Gasteiger partial charge on any atom is -0.355 e. The molecule has 0 aliphatic heterocycles. The third kappa shape index (κ3) is 2.64. The highest BCUT2D eigenvalue weighted by atomic mass is 15.3. The molecule has 1 aromatic carbocycles. The topological polar surface area (TPSA) is 46.8 Å². The lowest BCUT2D eigenvalue weighted by molar-refractivity contribution is 0.673. The molecule has 0 bridgehead atoms. The lowest BCUT2D eigenvalue weighted by atomic mass is 10.2. The first kappa shape index (κ1) is 14.0. The summed E-state index contributed by atoms with van der Waals surface area (Å²) in [5.74, 6) is 2.75. The number of hydrogen-bond donors (Lipinski definition) is 0. The zero-order valence-electron chi connectivity index (χ0n) is 13.7. The fraction of sp³-hybridized carbons (Fsp3) is 0.421. The van der Waals surface area contributed by atoms with Crippen molar-refractivity contribution in [3.8, 4) is 5.69 Å². The molecule has 0 radical (unpaired) electrons. The van der Waals surface area contributed by atoms with Crippen molar-refractivity contribution < 1.29 is 0 Å². The summed E-state index contributed by atoms with van der Waals surface area (Å²) in [5, 5.41) is 5.64. The van der Waals surface area contributed by atoms with E-state index in [9.17, 15) is 0 Å². The first-order chi connectivity index (χ1) is 11.9. The Bertz CT molecular complexity index is 835. The van der Waals surface area contributed by atoms with Crippen molar-refractivity contribution in [3.05, 3.63) is 42.9 Å². The molecule has 0 unspecified atom stereocenters. The van der Waals surface area contributed by atoms with Gasteiger partial charge in [-0.25, -0.2) is 14.6 Å². The van der Waals surface area contributed by atoms with Crippen molar-refractivity contribution in [2.24, 2.45) is 11.8 Å². The van der Waals surface area contributed by atoms with Gasteiger partial charge in [-0.2, -0.15) is 5.10 Å². The van der Waals surface area contributed by atoms with Crippen LogP contribution >= 0.6 is 0 Å². The number of benzene rings is 1. The predicted molar refractivity (Wildman–Crippen MR) is 94.3 cm³/mol. The van der Waals surface area contributed by atoms with E-state index in [2.05, 4.69) is 32.1 Å². The van der Waals surface area contributed by atoms with Gasteiger partial charge >= 0.3 is 0 Å². The summed E-state index contributed by atoms with van der Waals surface area (Å²) in [6.07, 6.45) is 9.05. The molecule has 2 fully saturated rings. The summed E-state index contributed by atoms with van der Waals surface area (Å²) in [7, 11) is 0. The van der Waals surface area contributed by atoms with Crippen LogP contribution in [0.3, 0.4) is 0 Å². The SMILES string of the molecule is c1ccc(-n2ncc3c(N(CC4CC4)CC4CC4)ncnc32)cc1. The van der Waals surface area contributed by atoms with Crippen LogP contribution in [0.4, 0.5) is 5.82 Å². The molecule has 5 heteroatoms. The molecule has 122 valence electrons. The van der Waals surface area contributed by atoms with Gasteiger partial charge < -0.3 is 4.90 Å². The molecule has 0 saturated heterocycles. The highest BCUT2D eigenvalue weighted by Crippen LogP contribution is 2.36. The molecular formula is C19H21N5. The molecule has 0 atom stereocenters. The molecule has 3 aromatic rings. The highest BCUT2D eigenvalue weighted by molar-refractivity contribution is 5.87. The van der Waals surface area contributed by atoms with Gasteiger partial charge in [0.15, 0.2) is 5.65 Å². The number of para-hydroxylation sites is 1. The van der Waals surface area contributed by atoms with Crippen LogP contribution in [0, 0.1) is 11.8 Å². The molecule has 2 aliphatic carbocycles. The Balaban J connectivity index is 1.56. The van der Waals surface area contributed by atoms with E-state index in [1.807, 2.05) is 29.1 Å². The molecule has 2 saturated carbocycles. The van der Waals surface area contributed by atoms with E-state index in [-0.39, 0.29) is 0 Å². The van der Waals surface area contributed by atoms with Gasteiger partial charge in [0.25, 0.3) is 0 Å². The van der Waals surface area contributed by atoms with Crippen LogP contribution in [0.5, 0.6) is 0 Å².